The number of aromatic carboxylic acids is 1. The van der Waals surface area contributed by atoms with Gasteiger partial charge in [-0.25, -0.2) is 9.78 Å². The summed E-state index contributed by atoms with van der Waals surface area (Å²) in [5.74, 6) is -1.02. The zero-order valence-corrected chi connectivity index (χ0v) is 9.78. The normalized spacial score (nSPS) is 10.2. The van der Waals surface area contributed by atoms with Gasteiger partial charge in [-0.2, -0.15) is 5.10 Å². The molecule has 0 saturated carbocycles. The average molecular weight is 246 g/mol. The quantitative estimate of drug-likeness (QED) is 0.754. The third-order valence-electron chi connectivity index (χ3n) is 2.45. The van der Waals surface area contributed by atoms with Gasteiger partial charge in [0.1, 0.15) is 0 Å². The van der Waals surface area contributed by atoms with Crippen LogP contribution in [0.25, 0.3) is 0 Å². The van der Waals surface area contributed by atoms with Crippen LogP contribution in [0, 0.1) is 0 Å². The number of hydrogen-bond acceptors (Lipinski definition) is 4. The number of carbonyl (C=O) groups is 1. The summed E-state index contributed by atoms with van der Waals surface area (Å²) in [6.45, 7) is 1.47. The van der Waals surface area contributed by atoms with Gasteiger partial charge in [-0.3, -0.25) is 4.68 Å². The zero-order valence-electron chi connectivity index (χ0n) is 9.78. The molecule has 0 atom stereocenters. The molecular formula is C12H14N4O2. The highest BCUT2D eigenvalue weighted by molar-refractivity contribution is 5.91. The molecule has 0 bridgehead atoms. The summed E-state index contributed by atoms with van der Waals surface area (Å²) in [6, 6.07) is 5.30. The minimum absolute atomic E-state index is 0.0524. The first-order valence-corrected chi connectivity index (χ1v) is 5.67. The van der Waals surface area contributed by atoms with Crippen molar-refractivity contribution >= 4 is 11.7 Å². The Labute approximate surface area is 104 Å². The van der Waals surface area contributed by atoms with Crippen molar-refractivity contribution in [2.75, 3.05) is 11.9 Å². The Kier molecular flexibility index (Phi) is 3.90. The third-order valence-corrected chi connectivity index (χ3v) is 2.45. The number of nitrogens with one attached hydrogen (secondary N) is 1. The SMILES string of the molecule is O=C(O)c1ncccc1NCCCn1cccn1. The van der Waals surface area contributed by atoms with Crippen molar-refractivity contribution in [2.24, 2.45) is 0 Å². The lowest BCUT2D eigenvalue weighted by Crippen LogP contribution is -2.11. The number of pyridine rings is 1. The Morgan fingerprint density at radius 3 is 3.00 bits per heavy atom. The van der Waals surface area contributed by atoms with Crippen LogP contribution in [0.15, 0.2) is 36.8 Å². The topological polar surface area (TPSA) is 80.0 Å². The minimum atomic E-state index is -1.02. The van der Waals surface area contributed by atoms with Crippen molar-refractivity contribution < 1.29 is 9.90 Å². The van der Waals surface area contributed by atoms with Crippen LogP contribution in [0.4, 0.5) is 5.69 Å². The number of carboxylic acid groups (broad SMARTS) is 1. The fraction of sp³-hybridized carbons (Fsp3) is 0.250. The van der Waals surface area contributed by atoms with E-state index in [4.69, 9.17) is 5.11 Å². The Balaban J connectivity index is 1.85. The molecule has 0 aromatic carbocycles. The fourth-order valence-corrected chi connectivity index (χ4v) is 1.62. The van der Waals surface area contributed by atoms with E-state index in [0.717, 1.165) is 13.0 Å². The predicted octanol–water partition coefficient (Wildman–Crippen LogP) is 1.48. The first-order valence-electron chi connectivity index (χ1n) is 5.67. The Bertz CT molecular complexity index is 511. The number of hydrogen-bond donors (Lipinski definition) is 2. The van der Waals surface area contributed by atoms with Crippen LogP contribution in [-0.4, -0.2) is 32.4 Å². The van der Waals surface area contributed by atoms with Crippen LogP contribution < -0.4 is 5.32 Å². The maximum Gasteiger partial charge on any atom is 0.356 e. The molecule has 0 spiro atoms. The Morgan fingerprint density at radius 2 is 2.28 bits per heavy atom. The highest BCUT2D eigenvalue weighted by Crippen LogP contribution is 2.11. The van der Waals surface area contributed by atoms with Crippen LogP contribution >= 0.6 is 0 Å². The molecular weight excluding hydrogens is 232 g/mol. The number of aryl methyl sites for hydroxylation is 1. The van der Waals surface area contributed by atoms with E-state index in [0.29, 0.717) is 12.2 Å². The molecule has 0 amide bonds. The van der Waals surface area contributed by atoms with Crippen molar-refractivity contribution in [1.29, 1.82) is 0 Å². The highest BCUT2D eigenvalue weighted by Gasteiger charge is 2.09. The lowest BCUT2D eigenvalue weighted by atomic mass is 10.3. The largest absolute Gasteiger partial charge is 0.476 e. The van der Waals surface area contributed by atoms with Crippen LogP contribution in [0.5, 0.6) is 0 Å². The molecule has 0 aliphatic carbocycles. The summed E-state index contributed by atoms with van der Waals surface area (Å²) in [6.07, 6.45) is 5.96. The van der Waals surface area contributed by atoms with E-state index >= 15 is 0 Å². The molecule has 2 N–H and O–H groups in total. The molecule has 0 radical (unpaired) electrons. The van der Waals surface area contributed by atoms with E-state index in [1.165, 1.54) is 6.20 Å². The van der Waals surface area contributed by atoms with Gasteiger partial charge in [-0.05, 0) is 24.6 Å². The van der Waals surface area contributed by atoms with Gasteiger partial charge in [-0.1, -0.05) is 0 Å². The van der Waals surface area contributed by atoms with Crippen LogP contribution in [-0.2, 0) is 6.54 Å². The number of carboxylic acids is 1. The minimum Gasteiger partial charge on any atom is -0.476 e. The number of anilines is 1. The van der Waals surface area contributed by atoms with E-state index in [1.54, 1.807) is 18.3 Å². The first kappa shape index (κ1) is 12.1. The summed E-state index contributed by atoms with van der Waals surface area (Å²) >= 11 is 0. The van der Waals surface area contributed by atoms with Crippen molar-refractivity contribution in [3.05, 3.63) is 42.5 Å². The maximum absolute atomic E-state index is 10.9. The van der Waals surface area contributed by atoms with Gasteiger partial charge in [0.15, 0.2) is 5.69 Å². The number of aromatic nitrogens is 3. The molecule has 0 aliphatic heterocycles. The fourth-order valence-electron chi connectivity index (χ4n) is 1.62. The van der Waals surface area contributed by atoms with E-state index in [2.05, 4.69) is 15.4 Å². The first-order chi connectivity index (χ1) is 8.77. The number of nitrogens with zero attached hydrogens (tertiary/aromatic N) is 3. The molecule has 0 saturated heterocycles. The summed E-state index contributed by atoms with van der Waals surface area (Å²) in [5, 5.41) is 16.1. The summed E-state index contributed by atoms with van der Waals surface area (Å²) in [4.78, 5) is 14.8. The van der Waals surface area contributed by atoms with Crippen molar-refractivity contribution in [1.82, 2.24) is 14.8 Å². The molecule has 2 aromatic heterocycles. The number of rotatable bonds is 6. The van der Waals surface area contributed by atoms with Crippen molar-refractivity contribution in [2.45, 2.75) is 13.0 Å². The van der Waals surface area contributed by atoms with Gasteiger partial charge < -0.3 is 10.4 Å². The van der Waals surface area contributed by atoms with E-state index < -0.39 is 5.97 Å². The van der Waals surface area contributed by atoms with Crippen LogP contribution in [0.1, 0.15) is 16.9 Å². The van der Waals surface area contributed by atoms with Crippen LogP contribution in [0.3, 0.4) is 0 Å². The van der Waals surface area contributed by atoms with Gasteiger partial charge in [0.25, 0.3) is 0 Å². The van der Waals surface area contributed by atoms with E-state index in [1.807, 2.05) is 16.9 Å². The molecule has 2 heterocycles. The second-order valence-corrected chi connectivity index (χ2v) is 3.75. The standard InChI is InChI=1S/C12H14N4O2/c17-12(18)11-10(4-1-5-14-11)13-6-2-8-16-9-3-7-15-16/h1,3-5,7,9,13H,2,6,8H2,(H,17,18). The zero-order chi connectivity index (χ0) is 12.8. The van der Waals surface area contributed by atoms with Crippen molar-refractivity contribution in [3.8, 4) is 0 Å². The summed E-state index contributed by atoms with van der Waals surface area (Å²) < 4.78 is 1.84. The molecule has 0 unspecified atom stereocenters. The smallest absolute Gasteiger partial charge is 0.356 e. The van der Waals surface area contributed by atoms with E-state index in [-0.39, 0.29) is 5.69 Å². The molecule has 6 nitrogen and oxygen atoms in total. The lowest BCUT2D eigenvalue weighted by molar-refractivity contribution is 0.0691. The monoisotopic (exact) mass is 246 g/mol. The third kappa shape index (κ3) is 3.07. The van der Waals surface area contributed by atoms with Gasteiger partial charge >= 0.3 is 5.97 Å². The summed E-state index contributed by atoms with van der Waals surface area (Å²) in [7, 11) is 0. The summed E-state index contributed by atoms with van der Waals surface area (Å²) in [5.41, 5.74) is 0.599. The van der Waals surface area contributed by atoms with Gasteiger partial charge in [0, 0.05) is 31.7 Å². The molecule has 2 rings (SSSR count). The predicted molar refractivity (Wildman–Crippen MR) is 66.5 cm³/mol. The van der Waals surface area contributed by atoms with E-state index in [9.17, 15) is 4.79 Å². The Morgan fingerprint density at radius 1 is 1.39 bits per heavy atom. The second kappa shape index (κ2) is 5.81. The molecule has 0 fully saturated rings. The molecule has 18 heavy (non-hydrogen) atoms. The average Bonchev–Trinajstić information content (AvgIpc) is 2.88. The van der Waals surface area contributed by atoms with Gasteiger partial charge in [-0.15, -0.1) is 0 Å². The molecule has 2 aromatic rings. The molecule has 0 aliphatic rings. The van der Waals surface area contributed by atoms with Gasteiger partial charge in [0.2, 0.25) is 0 Å². The maximum atomic E-state index is 10.9. The molecule has 6 heteroatoms. The highest BCUT2D eigenvalue weighted by atomic mass is 16.4. The second-order valence-electron chi connectivity index (χ2n) is 3.75. The Hall–Kier alpha value is -2.37. The molecule has 94 valence electrons. The van der Waals surface area contributed by atoms with Crippen LogP contribution in [0.2, 0.25) is 0 Å². The van der Waals surface area contributed by atoms with Gasteiger partial charge in [0.05, 0.1) is 5.69 Å². The van der Waals surface area contributed by atoms with Crippen molar-refractivity contribution in [3.63, 3.8) is 0 Å². The lowest BCUT2D eigenvalue weighted by Gasteiger charge is -2.08.